The zero-order valence-electron chi connectivity index (χ0n) is 9.33. The van der Waals surface area contributed by atoms with Crippen molar-refractivity contribution in [3.63, 3.8) is 0 Å². The van der Waals surface area contributed by atoms with Gasteiger partial charge in [-0.2, -0.15) is 5.26 Å². The maximum Gasteiger partial charge on any atom is 0.133 e. The van der Waals surface area contributed by atoms with Gasteiger partial charge >= 0.3 is 0 Å². The second-order valence-corrected chi connectivity index (χ2v) is 4.17. The molecule has 0 aromatic rings. The van der Waals surface area contributed by atoms with E-state index >= 15 is 0 Å². The van der Waals surface area contributed by atoms with Crippen molar-refractivity contribution in [3.05, 3.63) is 0 Å². The van der Waals surface area contributed by atoms with Gasteiger partial charge < -0.3 is 9.80 Å². The normalized spacial score (nSPS) is 13.2. The number of nitriles is 1. The standard InChI is InChI=1S/C10H20ClN3/c1-4-14(9-10(11)8-12)7-5-6-13(2)3/h10H,4-7,9H2,1-3H3. The molecule has 0 aliphatic heterocycles. The van der Waals surface area contributed by atoms with E-state index in [1.165, 1.54) is 0 Å². The first kappa shape index (κ1) is 13.7. The van der Waals surface area contributed by atoms with Crippen LogP contribution >= 0.6 is 11.6 Å². The number of hydrogen-bond donors (Lipinski definition) is 0. The van der Waals surface area contributed by atoms with Gasteiger partial charge in [-0.25, -0.2) is 0 Å². The SMILES string of the molecule is CCN(CCCN(C)C)CC(Cl)C#N. The van der Waals surface area contributed by atoms with E-state index in [1.54, 1.807) is 0 Å². The van der Waals surface area contributed by atoms with E-state index in [2.05, 4.69) is 30.8 Å². The molecule has 0 saturated heterocycles. The van der Waals surface area contributed by atoms with Crippen molar-refractivity contribution in [1.82, 2.24) is 9.80 Å². The van der Waals surface area contributed by atoms with E-state index < -0.39 is 0 Å². The Morgan fingerprint density at radius 1 is 1.36 bits per heavy atom. The van der Waals surface area contributed by atoms with Crippen LogP contribution in [0.15, 0.2) is 0 Å². The van der Waals surface area contributed by atoms with E-state index in [9.17, 15) is 0 Å². The minimum atomic E-state index is -0.380. The monoisotopic (exact) mass is 217 g/mol. The average Bonchev–Trinajstić information content (AvgIpc) is 2.15. The van der Waals surface area contributed by atoms with Gasteiger partial charge in [0.1, 0.15) is 5.38 Å². The molecular weight excluding hydrogens is 198 g/mol. The van der Waals surface area contributed by atoms with Crippen molar-refractivity contribution in [3.8, 4) is 6.07 Å². The number of alkyl halides is 1. The Morgan fingerprint density at radius 3 is 2.43 bits per heavy atom. The molecule has 0 bridgehead atoms. The summed E-state index contributed by atoms with van der Waals surface area (Å²) >= 11 is 5.77. The maximum atomic E-state index is 8.58. The number of rotatable bonds is 7. The largest absolute Gasteiger partial charge is 0.309 e. The van der Waals surface area contributed by atoms with E-state index in [1.807, 2.05) is 6.07 Å². The lowest BCUT2D eigenvalue weighted by molar-refractivity contribution is 0.273. The van der Waals surface area contributed by atoms with Crippen LogP contribution in [-0.2, 0) is 0 Å². The van der Waals surface area contributed by atoms with Gasteiger partial charge in [-0.3, -0.25) is 0 Å². The highest BCUT2D eigenvalue weighted by molar-refractivity contribution is 6.22. The molecule has 0 radical (unpaired) electrons. The Hall–Kier alpha value is -0.300. The van der Waals surface area contributed by atoms with Gasteiger partial charge in [-0.1, -0.05) is 6.92 Å². The summed E-state index contributed by atoms with van der Waals surface area (Å²) in [4.78, 5) is 4.38. The topological polar surface area (TPSA) is 30.3 Å². The van der Waals surface area contributed by atoms with Crippen molar-refractivity contribution in [2.24, 2.45) is 0 Å². The number of hydrogen-bond acceptors (Lipinski definition) is 3. The summed E-state index contributed by atoms with van der Waals surface area (Å²) in [6, 6.07) is 2.04. The van der Waals surface area contributed by atoms with E-state index in [0.717, 1.165) is 26.1 Å². The van der Waals surface area contributed by atoms with Crippen LogP contribution in [0.3, 0.4) is 0 Å². The van der Waals surface area contributed by atoms with Crippen LogP contribution in [0.25, 0.3) is 0 Å². The second kappa shape index (κ2) is 8.05. The Kier molecular flexibility index (Phi) is 7.87. The first-order valence-corrected chi connectivity index (χ1v) is 5.44. The molecule has 1 atom stereocenters. The summed E-state index contributed by atoms with van der Waals surface area (Å²) in [5.41, 5.74) is 0. The third kappa shape index (κ3) is 7.14. The molecule has 0 rings (SSSR count). The van der Waals surface area contributed by atoms with Crippen LogP contribution in [0.1, 0.15) is 13.3 Å². The molecule has 0 aliphatic carbocycles. The zero-order valence-corrected chi connectivity index (χ0v) is 10.1. The summed E-state index contributed by atoms with van der Waals surface area (Å²) in [6.45, 7) is 5.81. The predicted octanol–water partition coefficient (Wildman–Crippen LogP) is 1.39. The van der Waals surface area contributed by atoms with Gasteiger partial charge in [0.2, 0.25) is 0 Å². The predicted molar refractivity (Wildman–Crippen MR) is 60.5 cm³/mol. The molecule has 0 spiro atoms. The molecular formula is C10H20ClN3. The molecule has 14 heavy (non-hydrogen) atoms. The van der Waals surface area contributed by atoms with Crippen molar-refractivity contribution in [2.75, 3.05) is 40.3 Å². The first-order valence-electron chi connectivity index (χ1n) is 5.01. The van der Waals surface area contributed by atoms with E-state index in [4.69, 9.17) is 16.9 Å². The summed E-state index contributed by atoms with van der Waals surface area (Å²) in [6.07, 6.45) is 1.12. The zero-order chi connectivity index (χ0) is 11.0. The van der Waals surface area contributed by atoms with Gasteiger partial charge in [0.05, 0.1) is 6.07 Å². The fourth-order valence-corrected chi connectivity index (χ4v) is 1.45. The highest BCUT2D eigenvalue weighted by Crippen LogP contribution is 2.00. The fourth-order valence-electron chi connectivity index (χ4n) is 1.26. The molecule has 0 amide bonds. The van der Waals surface area contributed by atoms with Crippen molar-refractivity contribution in [2.45, 2.75) is 18.7 Å². The van der Waals surface area contributed by atoms with Crippen LogP contribution in [-0.4, -0.2) is 55.5 Å². The maximum absolute atomic E-state index is 8.58. The molecule has 4 heteroatoms. The molecule has 0 aromatic heterocycles. The van der Waals surface area contributed by atoms with E-state index in [0.29, 0.717) is 6.54 Å². The van der Waals surface area contributed by atoms with E-state index in [-0.39, 0.29) is 5.38 Å². The molecule has 1 unspecified atom stereocenters. The van der Waals surface area contributed by atoms with Gasteiger partial charge in [0.25, 0.3) is 0 Å². The average molecular weight is 218 g/mol. The molecule has 3 nitrogen and oxygen atoms in total. The number of halogens is 1. The van der Waals surface area contributed by atoms with Gasteiger partial charge in [-0.15, -0.1) is 11.6 Å². The summed E-state index contributed by atoms with van der Waals surface area (Å²) in [5.74, 6) is 0. The number of nitrogens with zero attached hydrogens (tertiary/aromatic N) is 3. The van der Waals surface area contributed by atoms with Crippen LogP contribution in [0.2, 0.25) is 0 Å². The van der Waals surface area contributed by atoms with Crippen molar-refractivity contribution < 1.29 is 0 Å². The summed E-state index contributed by atoms with van der Waals surface area (Å²) < 4.78 is 0. The molecule has 0 aliphatic rings. The van der Waals surface area contributed by atoms with Crippen LogP contribution in [0.5, 0.6) is 0 Å². The molecule has 0 aromatic carbocycles. The Bertz CT molecular complexity index is 177. The molecule has 0 fully saturated rings. The highest BCUT2D eigenvalue weighted by Gasteiger charge is 2.08. The first-order chi connectivity index (χ1) is 6.60. The third-order valence-electron chi connectivity index (χ3n) is 2.09. The second-order valence-electron chi connectivity index (χ2n) is 3.65. The van der Waals surface area contributed by atoms with Crippen molar-refractivity contribution >= 4 is 11.6 Å². The fraction of sp³-hybridized carbons (Fsp3) is 0.900. The van der Waals surface area contributed by atoms with Crippen LogP contribution in [0.4, 0.5) is 0 Å². The van der Waals surface area contributed by atoms with Crippen LogP contribution < -0.4 is 0 Å². The summed E-state index contributed by atoms with van der Waals surface area (Å²) in [5, 5.41) is 8.20. The lowest BCUT2D eigenvalue weighted by Crippen LogP contribution is -2.31. The van der Waals surface area contributed by atoms with Gasteiger partial charge in [0, 0.05) is 6.54 Å². The molecule has 0 N–H and O–H groups in total. The smallest absolute Gasteiger partial charge is 0.133 e. The Balaban J connectivity index is 3.64. The molecule has 0 heterocycles. The third-order valence-corrected chi connectivity index (χ3v) is 2.32. The highest BCUT2D eigenvalue weighted by atomic mass is 35.5. The van der Waals surface area contributed by atoms with Crippen molar-refractivity contribution in [1.29, 1.82) is 5.26 Å². The Labute approximate surface area is 92.2 Å². The minimum Gasteiger partial charge on any atom is -0.309 e. The quantitative estimate of drug-likeness (QED) is 0.604. The van der Waals surface area contributed by atoms with Crippen LogP contribution in [0, 0.1) is 11.3 Å². The minimum absolute atomic E-state index is 0.380. The van der Waals surface area contributed by atoms with Gasteiger partial charge in [0.15, 0.2) is 0 Å². The lowest BCUT2D eigenvalue weighted by Gasteiger charge is -2.21. The summed E-state index contributed by atoms with van der Waals surface area (Å²) in [7, 11) is 4.13. The van der Waals surface area contributed by atoms with Gasteiger partial charge in [-0.05, 0) is 40.2 Å². The molecule has 82 valence electrons. The lowest BCUT2D eigenvalue weighted by atomic mass is 10.3. The Morgan fingerprint density at radius 2 is 2.00 bits per heavy atom. The molecule has 0 saturated carbocycles.